The number of anilines is 2. The average Bonchev–Trinajstić information content (AvgIpc) is 3.04. The minimum atomic E-state index is -0.127. The molecule has 9 heteroatoms. The predicted molar refractivity (Wildman–Crippen MR) is 124 cm³/mol. The Balaban J connectivity index is 1.21. The maximum Gasteiger partial charge on any atom is 0.229 e. The van der Waals surface area contributed by atoms with E-state index in [1.54, 1.807) is 6.33 Å². The van der Waals surface area contributed by atoms with Crippen LogP contribution in [0.15, 0.2) is 24.5 Å². The molecule has 33 heavy (non-hydrogen) atoms. The molecule has 0 aliphatic carbocycles. The zero-order chi connectivity index (χ0) is 22.2. The van der Waals surface area contributed by atoms with Crippen LogP contribution in [0.5, 0.6) is 11.5 Å². The summed E-state index contributed by atoms with van der Waals surface area (Å²) >= 11 is 0. The van der Waals surface area contributed by atoms with E-state index in [1.807, 2.05) is 18.2 Å². The van der Waals surface area contributed by atoms with E-state index < -0.39 is 0 Å². The van der Waals surface area contributed by atoms with Crippen LogP contribution in [0.25, 0.3) is 11.2 Å². The van der Waals surface area contributed by atoms with Gasteiger partial charge in [0.05, 0.1) is 5.92 Å². The predicted octanol–water partition coefficient (Wildman–Crippen LogP) is 3.18. The van der Waals surface area contributed by atoms with Crippen molar-refractivity contribution in [3.05, 3.63) is 30.4 Å². The quantitative estimate of drug-likeness (QED) is 0.658. The van der Waals surface area contributed by atoms with Gasteiger partial charge in [-0.15, -0.1) is 0 Å². The summed E-state index contributed by atoms with van der Waals surface area (Å²) < 4.78 is 13.5. The average molecular weight is 449 g/mol. The highest BCUT2D eigenvalue weighted by molar-refractivity contribution is 5.93. The summed E-state index contributed by atoms with van der Waals surface area (Å²) in [6.45, 7) is 3.51. The summed E-state index contributed by atoms with van der Waals surface area (Å²) in [5.74, 6) is 3.23. The molecule has 1 atom stereocenters. The van der Waals surface area contributed by atoms with Gasteiger partial charge in [0, 0.05) is 37.8 Å². The van der Waals surface area contributed by atoms with Gasteiger partial charge in [-0.1, -0.05) is 6.42 Å². The lowest BCUT2D eigenvalue weighted by atomic mass is 9.97. The van der Waals surface area contributed by atoms with Crippen molar-refractivity contribution in [1.82, 2.24) is 19.5 Å². The maximum absolute atomic E-state index is 13.1. The molecule has 3 aromatic rings. The van der Waals surface area contributed by atoms with Crippen molar-refractivity contribution >= 4 is 28.6 Å². The fourth-order valence-electron chi connectivity index (χ4n) is 5.11. The number of imidazole rings is 1. The number of rotatable bonds is 3. The Kier molecular flexibility index (Phi) is 5.24. The molecule has 0 saturated carbocycles. The summed E-state index contributed by atoms with van der Waals surface area (Å²) in [7, 11) is 0. The molecule has 1 amide bonds. The van der Waals surface area contributed by atoms with Gasteiger partial charge in [0.25, 0.3) is 0 Å². The Bertz CT molecular complexity index is 1190. The summed E-state index contributed by atoms with van der Waals surface area (Å²) in [6, 6.07) is 5.54. The largest absolute Gasteiger partial charge is 0.486 e. The monoisotopic (exact) mass is 448 g/mol. The zero-order valence-corrected chi connectivity index (χ0v) is 18.6. The minimum Gasteiger partial charge on any atom is -0.486 e. The van der Waals surface area contributed by atoms with Crippen LogP contribution in [0.1, 0.15) is 37.9 Å². The zero-order valence-electron chi connectivity index (χ0n) is 18.6. The molecule has 5 heterocycles. The van der Waals surface area contributed by atoms with Crippen molar-refractivity contribution in [2.24, 2.45) is 5.92 Å². The molecule has 1 aromatic carbocycles. The molecule has 0 spiro atoms. The Morgan fingerprint density at radius 2 is 1.94 bits per heavy atom. The number of benzene rings is 1. The molecule has 6 rings (SSSR count). The first-order chi connectivity index (χ1) is 16.3. The van der Waals surface area contributed by atoms with E-state index in [1.165, 1.54) is 6.42 Å². The number of nitrogens with one attached hydrogen (secondary N) is 1. The highest BCUT2D eigenvalue weighted by atomic mass is 16.6. The van der Waals surface area contributed by atoms with Crippen molar-refractivity contribution < 1.29 is 14.3 Å². The Hall–Kier alpha value is -3.36. The van der Waals surface area contributed by atoms with E-state index >= 15 is 0 Å². The van der Waals surface area contributed by atoms with E-state index in [0.29, 0.717) is 31.3 Å². The maximum atomic E-state index is 13.1. The topological polar surface area (TPSA) is 94.4 Å². The van der Waals surface area contributed by atoms with Gasteiger partial charge in [-0.05, 0) is 37.8 Å². The molecule has 1 saturated heterocycles. The van der Waals surface area contributed by atoms with Crippen LogP contribution in [0.4, 0.5) is 11.5 Å². The number of hydrogen-bond acceptors (Lipinski definition) is 7. The molecule has 2 aromatic heterocycles. The third kappa shape index (κ3) is 3.85. The number of ether oxygens (including phenoxy) is 2. The van der Waals surface area contributed by atoms with E-state index in [9.17, 15) is 4.79 Å². The third-order valence-corrected chi connectivity index (χ3v) is 6.78. The van der Waals surface area contributed by atoms with Gasteiger partial charge < -0.3 is 24.3 Å². The van der Waals surface area contributed by atoms with Gasteiger partial charge in [0.15, 0.2) is 28.5 Å². The number of nitrogens with zero attached hydrogens (tertiary/aromatic N) is 5. The minimum absolute atomic E-state index is 0.0160. The SMILES string of the molecule is O=C(Nc1ccc2c(c1)OCCO2)[C@@H]1CCCN(c2ncnc3c2nc2n3CCCCC2)C1. The third-order valence-electron chi connectivity index (χ3n) is 6.78. The lowest BCUT2D eigenvalue weighted by molar-refractivity contribution is -0.120. The highest BCUT2D eigenvalue weighted by Gasteiger charge is 2.29. The fraction of sp³-hybridized carbons (Fsp3) is 0.500. The van der Waals surface area contributed by atoms with Gasteiger partial charge in [-0.2, -0.15) is 0 Å². The standard InChI is InChI=1S/C24H28N6O3/c31-24(27-17-7-8-18-19(13-17)33-12-11-32-18)16-5-4-9-29(14-16)22-21-23(26-15-25-22)30-10-3-1-2-6-20(30)28-21/h7-8,13,15-16H,1-6,9-12,14H2,(H,27,31)/t16-/m1/s1. The van der Waals surface area contributed by atoms with Crippen molar-refractivity contribution in [1.29, 1.82) is 0 Å². The summed E-state index contributed by atoms with van der Waals surface area (Å²) in [6.07, 6.45) is 7.95. The van der Waals surface area contributed by atoms with Crippen molar-refractivity contribution in [2.45, 2.75) is 45.1 Å². The normalized spacial score (nSPS) is 20.2. The van der Waals surface area contributed by atoms with Crippen molar-refractivity contribution in [2.75, 3.05) is 36.5 Å². The number of carbonyl (C=O) groups excluding carboxylic acids is 1. The molecule has 0 radical (unpaired) electrons. The lowest BCUT2D eigenvalue weighted by Gasteiger charge is -2.32. The molecular formula is C24H28N6O3. The number of hydrogen-bond donors (Lipinski definition) is 1. The Morgan fingerprint density at radius 3 is 2.88 bits per heavy atom. The van der Waals surface area contributed by atoms with Crippen LogP contribution in [0, 0.1) is 5.92 Å². The van der Waals surface area contributed by atoms with E-state index in [-0.39, 0.29) is 11.8 Å². The Labute approximate surface area is 192 Å². The first kappa shape index (κ1) is 20.3. The first-order valence-corrected chi connectivity index (χ1v) is 11.9. The molecule has 0 bridgehead atoms. The van der Waals surface area contributed by atoms with Gasteiger partial charge in [-0.3, -0.25) is 4.79 Å². The van der Waals surface area contributed by atoms with Crippen LogP contribution in [-0.2, 0) is 17.8 Å². The molecule has 1 fully saturated rings. The summed E-state index contributed by atoms with van der Waals surface area (Å²) in [5.41, 5.74) is 2.51. The van der Waals surface area contributed by atoms with E-state index in [2.05, 4.69) is 24.8 Å². The van der Waals surface area contributed by atoms with Crippen LogP contribution < -0.4 is 19.7 Å². The lowest BCUT2D eigenvalue weighted by Crippen LogP contribution is -2.41. The van der Waals surface area contributed by atoms with E-state index in [0.717, 1.165) is 73.7 Å². The first-order valence-electron chi connectivity index (χ1n) is 11.9. The summed E-state index contributed by atoms with van der Waals surface area (Å²) in [5, 5.41) is 3.06. The molecule has 172 valence electrons. The van der Waals surface area contributed by atoms with Crippen molar-refractivity contribution in [3.63, 3.8) is 0 Å². The van der Waals surface area contributed by atoms with Crippen LogP contribution in [-0.4, -0.2) is 51.7 Å². The molecule has 3 aliphatic rings. The highest BCUT2D eigenvalue weighted by Crippen LogP contribution is 2.33. The smallest absolute Gasteiger partial charge is 0.229 e. The Morgan fingerprint density at radius 1 is 1.03 bits per heavy atom. The molecule has 3 aliphatic heterocycles. The molecular weight excluding hydrogens is 420 g/mol. The van der Waals surface area contributed by atoms with Gasteiger partial charge in [0.1, 0.15) is 25.4 Å². The van der Waals surface area contributed by atoms with Crippen LogP contribution in [0.2, 0.25) is 0 Å². The van der Waals surface area contributed by atoms with Crippen LogP contribution >= 0.6 is 0 Å². The van der Waals surface area contributed by atoms with Gasteiger partial charge in [-0.25, -0.2) is 15.0 Å². The second kappa shape index (κ2) is 8.53. The summed E-state index contributed by atoms with van der Waals surface area (Å²) in [4.78, 5) is 29.4. The van der Waals surface area contributed by atoms with Gasteiger partial charge >= 0.3 is 0 Å². The number of piperidine rings is 1. The van der Waals surface area contributed by atoms with Gasteiger partial charge in [0.2, 0.25) is 5.91 Å². The number of aromatic nitrogens is 4. The molecule has 0 unspecified atom stereocenters. The van der Waals surface area contributed by atoms with Crippen LogP contribution in [0.3, 0.4) is 0 Å². The number of fused-ring (bicyclic) bond motifs is 4. The number of aryl methyl sites for hydroxylation is 2. The number of carbonyl (C=O) groups is 1. The van der Waals surface area contributed by atoms with E-state index in [4.69, 9.17) is 14.5 Å². The fourth-order valence-corrected chi connectivity index (χ4v) is 5.11. The molecule has 1 N–H and O–H groups in total. The number of amides is 1. The molecule has 9 nitrogen and oxygen atoms in total. The second-order valence-corrected chi connectivity index (χ2v) is 8.99. The second-order valence-electron chi connectivity index (χ2n) is 8.99. The van der Waals surface area contributed by atoms with Crippen molar-refractivity contribution in [3.8, 4) is 11.5 Å².